The van der Waals surface area contributed by atoms with Crippen LogP contribution in [0.15, 0.2) is 66.7 Å². The molecule has 11 heteroatoms. The summed E-state index contributed by atoms with van der Waals surface area (Å²) in [6, 6.07) is 16.2. The fraction of sp³-hybridized carbons (Fsp3) is 0.488. The first kappa shape index (κ1) is 35.5. The second-order valence-electron chi connectivity index (χ2n) is 14.7. The van der Waals surface area contributed by atoms with E-state index in [9.17, 15) is 24.3 Å². The van der Waals surface area contributed by atoms with E-state index >= 15 is 0 Å². The zero-order valence-corrected chi connectivity index (χ0v) is 29.8. The van der Waals surface area contributed by atoms with E-state index < -0.39 is 35.5 Å². The zero-order valence-electron chi connectivity index (χ0n) is 29.8. The lowest BCUT2D eigenvalue weighted by atomic mass is 9.94. The van der Waals surface area contributed by atoms with E-state index in [0.717, 1.165) is 55.9 Å². The van der Waals surface area contributed by atoms with Crippen molar-refractivity contribution >= 4 is 34.6 Å². The van der Waals surface area contributed by atoms with Crippen LogP contribution in [-0.4, -0.2) is 88.0 Å². The number of amides is 3. The third kappa shape index (κ3) is 7.49. The minimum Gasteiger partial charge on any atom is -0.497 e. The number of nitrogens with zero attached hydrogens (tertiary/aromatic N) is 3. The Balaban J connectivity index is 1.21. The first-order valence-corrected chi connectivity index (χ1v) is 18.8. The van der Waals surface area contributed by atoms with Crippen molar-refractivity contribution in [2.24, 2.45) is 11.8 Å². The summed E-state index contributed by atoms with van der Waals surface area (Å²) in [5.74, 6) is -1.58. The molecule has 2 saturated heterocycles. The molecule has 3 aliphatic heterocycles. The van der Waals surface area contributed by atoms with Gasteiger partial charge >= 0.3 is 5.97 Å². The standard InChI is InChI=1S/C41H48N4O7/c1-51-30-17-18-32-34(22-30)42-33(27-13-8-5-9-14-27)24-36(32)52-31-23-35-38(47)43-41(40(49)50)25-29(41)16-10-4-2-3-7-15-28(39(48)45(35)26-31)21-37(46)44-19-11-6-12-20-44/h5,8-10,13-14,16-18,22,24,28-29,31,35H,2-4,6-7,11-12,15,19-21,23,25-26H2,1H3,(H,43,47)(H,49,50)/t28-,29?,31-,35+,41?/m1/s1. The van der Waals surface area contributed by atoms with Crippen LogP contribution < -0.4 is 14.8 Å². The molecule has 1 aromatic heterocycles. The number of benzene rings is 2. The number of aromatic nitrogens is 1. The number of allylic oxidation sites excluding steroid dienone is 1. The van der Waals surface area contributed by atoms with Gasteiger partial charge in [0, 0.05) is 60.8 Å². The number of methoxy groups -OCH3 is 1. The predicted octanol–water partition coefficient (Wildman–Crippen LogP) is 5.76. The van der Waals surface area contributed by atoms with Crippen molar-refractivity contribution in [3.63, 3.8) is 0 Å². The second kappa shape index (κ2) is 15.4. The Morgan fingerprint density at radius 1 is 1.00 bits per heavy atom. The molecule has 0 spiro atoms. The van der Waals surface area contributed by atoms with Crippen LogP contribution in [0.25, 0.3) is 22.2 Å². The summed E-state index contributed by atoms with van der Waals surface area (Å²) in [6.45, 7) is 1.52. The molecular weight excluding hydrogens is 660 g/mol. The molecule has 1 aliphatic carbocycles. The molecule has 3 aromatic rings. The van der Waals surface area contributed by atoms with Crippen LogP contribution in [0.1, 0.15) is 70.6 Å². The summed E-state index contributed by atoms with van der Waals surface area (Å²) in [5, 5.41) is 13.9. The van der Waals surface area contributed by atoms with Gasteiger partial charge in [0.2, 0.25) is 17.7 Å². The van der Waals surface area contributed by atoms with Gasteiger partial charge in [-0.1, -0.05) is 55.3 Å². The largest absolute Gasteiger partial charge is 0.497 e. The maximum absolute atomic E-state index is 14.6. The van der Waals surface area contributed by atoms with Crippen LogP contribution in [0.4, 0.5) is 0 Å². The number of ether oxygens (including phenoxy) is 2. The molecule has 0 bridgehead atoms. The van der Waals surface area contributed by atoms with Crippen LogP contribution in [0.5, 0.6) is 11.5 Å². The van der Waals surface area contributed by atoms with E-state index in [-0.39, 0.29) is 37.1 Å². The highest BCUT2D eigenvalue weighted by atomic mass is 16.5. The fourth-order valence-corrected chi connectivity index (χ4v) is 8.10. The third-order valence-electron chi connectivity index (χ3n) is 11.2. The Morgan fingerprint density at radius 3 is 2.56 bits per heavy atom. The van der Waals surface area contributed by atoms with E-state index in [1.165, 1.54) is 0 Å². The Hall–Kier alpha value is -4.93. The molecule has 274 valence electrons. The monoisotopic (exact) mass is 708 g/mol. The lowest BCUT2D eigenvalue weighted by Gasteiger charge is -2.31. The highest BCUT2D eigenvalue weighted by molar-refractivity contribution is 5.96. The van der Waals surface area contributed by atoms with Crippen LogP contribution in [-0.2, 0) is 19.2 Å². The Labute approximate surface area is 304 Å². The molecule has 2 N–H and O–H groups in total. The van der Waals surface area contributed by atoms with Crippen molar-refractivity contribution in [2.45, 2.75) is 88.3 Å². The van der Waals surface area contributed by atoms with Crippen molar-refractivity contribution in [3.8, 4) is 22.8 Å². The van der Waals surface area contributed by atoms with Gasteiger partial charge in [0.1, 0.15) is 29.2 Å². The molecule has 5 atom stereocenters. The van der Waals surface area contributed by atoms with Gasteiger partial charge in [-0.25, -0.2) is 9.78 Å². The number of carboxylic acid groups (broad SMARTS) is 1. The SMILES string of the molecule is COc1ccc2c(O[C@@H]3C[C@H]4C(=O)NC5(C(=O)O)CC5C=CCCCCC[C@H](CC(=O)N5CCCCC5)C(=O)N4C3)cc(-c3ccccc3)nc2c1. The highest BCUT2D eigenvalue weighted by Crippen LogP contribution is 2.45. The number of likely N-dealkylation sites (tertiary alicyclic amines) is 1. The molecule has 1 saturated carbocycles. The number of carboxylic acids is 1. The first-order valence-electron chi connectivity index (χ1n) is 18.8. The van der Waals surface area contributed by atoms with Gasteiger partial charge in [-0.15, -0.1) is 0 Å². The molecule has 11 nitrogen and oxygen atoms in total. The van der Waals surface area contributed by atoms with Crippen molar-refractivity contribution in [3.05, 3.63) is 66.7 Å². The van der Waals surface area contributed by atoms with Gasteiger partial charge in [-0.3, -0.25) is 14.4 Å². The molecule has 4 aliphatic rings. The molecule has 7 rings (SSSR count). The molecular formula is C41H48N4O7. The quantitative estimate of drug-likeness (QED) is 0.296. The van der Waals surface area contributed by atoms with Gasteiger partial charge in [0.05, 0.1) is 24.9 Å². The Morgan fingerprint density at radius 2 is 1.79 bits per heavy atom. The van der Waals surface area contributed by atoms with Crippen molar-refractivity contribution in [1.82, 2.24) is 20.1 Å². The average molecular weight is 709 g/mol. The van der Waals surface area contributed by atoms with Crippen LogP contribution in [0, 0.1) is 11.8 Å². The van der Waals surface area contributed by atoms with Crippen LogP contribution in [0.2, 0.25) is 0 Å². The number of carbonyl (C=O) groups is 4. The van der Waals surface area contributed by atoms with Crippen LogP contribution >= 0.6 is 0 Å². The Bertz CT molecular complexity index is 1840. The summed E-state index contributed by atoms with van der Waals surface area (Å²) in [5.41, 5.74) is 0.866. The van der Waals surface area contributed by atoms with E-state index in [2.05, 4.69) is 5.32 Å². The average Bonchev–Trinajstić information content (AvgIpc) is 3.70. The Kier molecular flexibility index (Phi) is 10.5. The zero-order chi connectivity index (χ0) is 36.2. The normalized spacial score (nSPS) is 26.8. The number of piperidine rings is 1. The number of aliphatic carboxylic acids is 1. The molecule has 4 heterocycles. The molecule has 52 heavy (non-hydrogen) atoms. The first-order chi connectivity index (χ1) is 25.3. The summed E-state index contributed by atoms with van der Waals surface area (Å²) in [6.07, 6.45) is 10.8. The van der Waals surface area contributed by atoms with Crippen molar-refractivity contribution < 1.29 is 33.8 Å². The van der Waals surface area contributed by atoms with Gasteiger partial charge < -0.3 is 29.7 Å². The summed E-state index contributed by atoms with van der Waals surface area (Å²) in [4.78, 5) is 63.2. The smallest absolute Gasteiger partial charge is 0.330 e. The lowest BCUT2D eigenvalue weighted by molar-refractivity contribution is -0.147. The topological polar surface area (TPSA) is 138 Å². The van der Waals surface area contributed by atoms with Gasteiger partial charge in [-0.05, 0) is 57.1 Å². The maximum Gasteiger partial charge on any atom is 0.330 e. The summed E-state index contributed by atoms with van der Waals surface area (Å²) < 4.78 is 12.2. The second-order valence-corrected chi connectivity index (χ2v) is 14.7. The highest BCUT2D eigenvalue weighted by Gasteiger charge is 2.61. The van der Waals surface area contributed by atoms with Crippen molar-refractivity contribution in [2.75, 3.05) is 26.7 Å². The number of fused-ring (bicyclic) bond motifs is 3. The molecule has 2 unspecified atom stereocenters. The minimum absolute atomic E-state index is 0.0234. The number of rotatable bonds is 7. The van der Waals surface area contributed by atoms with Gasteiger partial charge in [0.25, 0.3) is 0 Å². The number of pyridine rings is 1. The number of nitrogens with one attached hydrogen (secondary N) is 1. The van der Waals surface area contributed by atoms with E-state index in [1.54, 1.807) is 12.0 Å². The molecule has 3 amide bonds. The molecule has 2 aromatic carbocycles. The summed E-state index contributed by atoms with van der Waals surface area (Å²) >= 11 is 0. The molecule has 3 fully saturated rings. The number of hydrogen-bond donors (Lipinski definition) is 2. The lowest BCUT2D eigenvalue weighted by Crippen LogP contribution is -2.54. The van der Waals surface area contributed by atoms with Gasteiger partial charge in [0.15, 0.2) is 0 Å². The maximum atomic E-state index is 14.6. The van der Waals surface area contributed by atoms with Crippen LogP contribution in [0.3, 0.4) is 0 Å². The summed E-state index contributed by atoms with van der Waals surface area (Å²) in [7, 11) is 1.60. The molecule has 0 radical (unpaired) electrons. The fourth-order valence-electron chi connectivity index (χ4n) is 8.10. The van der Waals surface area contributed by atoms with E-state index in [1.807, 2.05) is 71.6 Å². The number of carbonyl (C=O) groups excluding carboxylic acids is 3. The minimum atomic E-state index is -1.41. The number of hydrogen-bond acceptors (Lipinski definition) is 7. The van der Waals surface area contributed by atoms with Gasteiger partial charge in [-0.2, -0.15) is 0 Å². The van der Waals surface area contributed by atoms with E-state index in [4.69, 9.17) is 14.5 Å². The predicted molar refractivity (Wildman–Crippen MR) is 196 cm³/mol. The van der Waals surface area contributed by atoms with Crippen molar-refractivity contribution in [1.29, 1.82) is 0 Å². The third-order valence-corrected chi connectivity index (χ3v) is 11.2. The van der Waals surface area contributed by atoms with E-state index in [0.29, 0.717) is 48.6 Å².